The number of benzene rings is 3. The predicted molar refractivity (Wildman–Crippen MR) is 163 cm³/mol. The molecule has 7 nitrogen and oxygen atoms in total. The number of sulfonamides is 1. The molecule has 41 heavy (non-hydrogen) atoms. The van der Waals surface area contributed by atoms with E-state index in [1.54, 1.807) is 19.1 Å². The Morgan fingerprint density at radius 3 is 2.27 bits per heavy atom. The first-order valence-corrected chi connectivity index (χ1v) is 14.3. The number of fused-ring (bicyclic) bond motifs is 1. The molecule has 0 bridgehead atoms. The number of halogens is 1. The molecule has 0 unspecified atom stereocenters. The van der Waals surface area contributed by atoms with E-state index in [2.05, 4.69) is 26.5 Å². The molecule has 5 rings (SSSR count). The Hall–Kier alpha value is -3.45. The number of rotatable bonds is 5. The van der Waals surface area contributed by atoms with E-state index in [-0.39, 0.29) is 40.1 Å². The summed E-state index contributed by atoms with van der Waals surface area (Å²) in [5, 5.41) is 0.538. The Balaban J connectivity index is 0.00000387. The molecule has 2 aromatic heterocycles. The number of aromatic nitrogens is 3. The summed E-state index contributed by atoms with van der Waals surface area (Å²) in [5.41, 5.74) is 5.18. The molecule has 0 aliphatic rings. The van der Waals surface area contributed by atoms with Crippen LogP contribution in [0.5, 0.6) is 0 Å². The SMILES string of the molecule is Cc1ccc(S(=O)(=O)NC(=O)c2cc(C)c3nc(C)n(Cc4ccc(C#Cc5ccccc5)cc4Cl)c3n2)cc1.[NaH]. The van der Waals surface area contributed by atoms with Gasteiger partial charge in [0.2, 0.25) is 0 Å². The molecule has 1 N–H and O–H groups in total. The standard InChI is InChI=1S/C31H25ClN4O3S.Na.H/c1-20-9-15-26(16-10-20)40(38,39)35-31(37)28-17-21(2)29-30(34-28)36(22(3)33-29)19-25-14-13-24(18-27(25)32)12-11-23-7-5-4-6-8-23;;/h4-10,13-18H,19H2,1-3H3,(H,35,37);;. The van der Waals surface area contributed by atoms with Gasteiger partial charge in [-0.15, -0.1) is 0 Å². The number of hydrogen-bond donors (Lipinski definition) is 1. The summed E-state index contributed by atoms with van der Waals surface area (Å²) < 4.78 is 29.5. The zero-order chi connectivity index (χ0) is 28.4. The van der Waals surface area contributed by atoms with Crippen LogP contribution in [0.15, 0.2) is 83.8 Å². The number of carbonyl (C=O) groups excluding carboxylic acids is 1. The van der Waals surface area contributed by atoms with Crippen LogP contribution >= 0.6 is 11.6 Å². The van der Waals surface area contributed by atoms with Gasteiger partial charge in [-0.25, -0.2) is 23.1 Å². The van der Waals surface area contributed by atoms with E-state index in [4.69, 9.17) is 11.6 Å². The fraction of sp³-hybridized carbons (Fsp3) is 0.129. The van der Waals surface area contributed by atoms with E-state index in [9.17, 15) is 13.2 Å². The van der Waals surface area contributed by atoms with Crippen LogP contribution in [0.1, 0.15) is 44.1 Å². The van der Waals surface area contributed by atoms with Gasteiger partial charge in [0.05, 0.1) is 11.4 Å². The van der Waals surface area contributed by atoms with Gasteiger partial charge in [-0.1, -0.05) is 65.4 Å². The van der Waals surface area contributed by atoms with Crippen molar-refractivity contribution >= 4 is 68.3 Å². The van der Waals surface area contributed by atoms with Crippen molar-refractivity contribution in [2.24, 2.45) is 0 Å². The van der Waals surface area contributed by atoms with Crippen LogP contribution in [-0.4, -0.2) is 58.4 Å². The molecule has 0 saturated heterocycles. The van der Waals surface area contributed by atoms with Crippen molar-refractivity contribution in [1.29, 1.82) is 0 Å². The molecule has 0 atom stereocenters. The third-order valence-electron chi connectivity index (χ3n) is 6.38. The van der Waals surface area contributed by atoms with Crippen molar-refractivity contribution in [3.8, 4) is 11.8 Å². The summed E-state index contributed by atoms with van der Waals surface area (Å²) in [6.07, 6.45) is 0. The van der Waals surface area contributed by atoms with Crippen LogP contribution in [0.4, 0.5) is 0 Å². The second kappa shape index (κ2) is 12.6. The fourth-order valence-electron chi connectivity index (χ4n) is 4.20. The molecule has 10 heteroatoms. The minimum atomic E-state index is -4.07. The van der Waals surface area contributed by atoms with E-state index < -0.39 is 15.9 Å². The maximum atomic E-state index is 13.0. The molecular weight excluding hydrogens is 567 g/mol. The Labute approximate surface area is 266 Å². The van der Waals surface area contributed by atoms with Gasteiger partial charge in [-0.3, -0.25) is 4.79 Å². The van der Waals surface area contributed by atoms with Gasteiger partial charge in [0.1, 0.15) is 17.0 Å². The Kier molecular flexibility index (Phi) is 9.37. The van der Waals surface area contributed by atoms with Crippen molar-refractivity contribution in [3.05, 3.63) is 123 Å². The molecule has 1 amide bonds. The summed E-state index contributed by atoms with van der Waals surface area (Å²) >= 11 is 6.63. The van der Waals surface area contributed by atoms with Gasteiger partial charge in [-0.2, -0.15) is 0 Å². The molecule has 0 fully saturated rings. The Morgan fingerprint density at radius 1 is 0.902 bits per heavy atom. The Morgan fingerprint density at radius 2 is 1.59 bits per heavy atom. The average molecular weight is 593 g/mol. The molecule has 0 saturated carbocycles. The van der Waals surface area contributed by atoms with Crippen LogP contribution in [0.3, 0.4) is 0 Å². The molecule has 0 radical (unpaired) electrons. The summed E-state index contributed by atoms with van der Waals surface area (Å²) in [7, 11) is -4.07. The van der Waals surface area contributed by atoms with Crippen LogP contribution in [0.2, 0.25) is 5.02 Å². The van der Waals surface area contributed by atoms with Crippen molar-refractivity contribution < 1.29 is 13.2 Å². The molecule has 202 valence electrons. The third kappa shape index (κ3) is 6.89. The molecule has 3 aromatic carbocycles. The molecule has 0 aliphatic carbocycles. The number of carbonyl (C=O) groups is 1. The molecule has 2 heterocycles. The summed E-state index contributed by atoms with van der Waals surface area (Å²) in [6.45, 7) is 5.85. The molecular formula is C31H26ClN4NaO3S. The number of hydrogen-bond acceptors (Lipinski definition) is 5. The predicted octanol–water partition coefficient (Wildman–Crippen LogP) is 4.93. The number of pyridine rings is 1. The van der Waals surface area contributed by atoms with E-state index in [0.29, 0.717) is 34.1 Å². The third-order valence-corrected chi connectivity index (χ3v) is 8.08. The Bertz CT molecular complexity index is 1930. The van der Waals surface area contributed by atoms with E-state index in [0.717, 1.165) is 22.3 Å². The van der Waals surface area contributed by atoms with E-state index in [1.807, 2.05) is 66.9 Å². The monoisotopic (exact) mass is 592 g/mol. The number of nitrogens with zero attached hydrogens (tertiary/aromatic N) is 3. The van der Waals surface area contributed by atoms with E-state index >= 15 is 0 Å². The molecule has 0 spiro atoms. The number of nitrogens with one attached hydrogen (secondary N) is 1. The summed E-state index contributed by atoms with van der Waals surface area (Å²) in [4.78, 5) is 22.2. The van der Waals surface area contributed by atoms with Crippen LogP contribution < -0.4 is 4.72 Å². The van der Waals surface area contributed by atoms with Gasteiger partial charge < -0.3 is 4.57 Å². The van der Waals surface area contributed by atoms with Crippen molar-refractivity contribution in [3.63, 3.8) is 0 Å². The van der Waals surface area contributed by atoms with Crippen molar-refractivity contribution in [1.82, 2.24) is 19.3 Å². The number of aryl methyl sites for hydroxylation is 3. The van der Waals surface area contributed by atoms with Gasteiger partial charge in [0.25, 0.3) is 15.9 Å². The summed E-state index contributed by atoms with van der Waals surface area (Å²) in [5.74, 6) is 6.11. The van der Waals surface area contributed by atoms with Crippen LogP contribution in [0, 0.1) is 32.6 Å². The fourth-order valence-corrected chi connectivity index (χ4v) is 5.40. The quantitative estimate of drug-likeness (QED) is 0.231. The number of amides is 1. The zero-order valence-electron chi connectivity index (χ0n) is 22.1. The molecule has 5 aromatic rings. The normalized spacial score (nSPS) is 10.9. The first-order chi connectivity index (χ1) is 19.1. The maximum absolute atomic E-state index is 13.0. The topological polar surface area (TPSA) is 94.0 Å². The first-order valence-electron chi connectivity index (χ1n) is 12.4. The molecule has 0 aliphatic heterocycles. The first kappa shape index (κ1) is 30.5. The van der Waals surface area contributed by atoms with Gasteiger partial charge in [0, 0.05) is 16.1 Å². The van der Waals surface area contributed by atoms with Crippen LogP contribution in [-0.2, 0) is 16.6 Å². The van der Waals surface area contributed by atoms with Crippen LogP contribution in [0.25, 0.3) is 11.2 Å². The zero-order valence-corrected chi connectivity index (χ0v) is 23.6. The second-order valence-electron chi connectivity index (χ2n) is 9.41. The van der Waals surface area contributed by atoms with E-state index in [1.165, 1.54) is 18.2 Å². The summed E-state index contributed by atoms with van der Waals surface area (Å²) in [6, 6.07) is 23.1. The number of imidazole rings is 1. The van der Waals surface area contributed by atoms with Gasteiger partial charge in [-0.05, 0) is 74.4 Å². The second-order valence-corrected chi connectivity index (χ2v) is 11.5. The van der Waals surface area contributed by atoms with Crippen molar-refractivity contribution in [2.45, 2.75) is 32.2 Å². The van der Waals surface area contributed by atoms with Gasteiger partial charge in [0.15, 0.2) is 5.65 Å². The minimum absolute atomic E-state index is 0. The average Bonchev–Trinajstić information content (AvgIpc) is 3.24. The van der Waals surface area contributed by atoms with Crippen molar-refractivity contribution in [2.75, 3.05) is 0 Å². The van der Waals surface area contributed by atoms with Gasteiger partial charge >= 0.3 is 29.6 Å².